The van der Waals surface area contributed by atoms with Crippen LogP contribution in [0.4, 0.5) is 0 Å². The second-order valence-electron chi connectivity index (χ2n) is 5.56. The highest BCUT2D eigenvalue weighted by molar-refractivity contribution is 7.09. The zero-order valence-corrected chi connectivity index (χ0v) is 13.7. The Kier molecular flexibility index (Phi) is 3.63. The highest BCUT2D eigenvalue weighted by atomic mass is 32.1. The lowest BCUT2D eigenvalue weighted by Crippen LogP contribution is -2.40. The molecule has 1 aliphatic rings. The molecule has 5 nitrogen and oxygen atoms in total. The van der Waals surface area contributed by atoms with Crippen LogP contribution in [0.2, 0.25) is 0 Å². The predicted octanol–water partition coefficient (Wildman–Crippen LogP) is 2.84. The molecule has 3 aromatic heterocycles. The van der Waals surface area contributed by atoms with E-state index in [0.717, 1.165) is 27.5 Å². The van der Waals surface area contributed by atoms with Crippen LogP contribution in [0.5, 0.6) is 0 Å². The number of rotatable bonds is 2. The highest BCUT2D eigenvalue weighted by Crippen LogP contribution is 2.28. The van der Waals surface area contributed by atoms with Gasteiger partial charge >= 0.3 is 0 Å². The van der Waals surface area contributed by atoms with Gasteiger partial charge in [-0.1, -0.05) is 6.07 Å². The minimum atomic E-state index is 0.0650. The number of carbonyl (C=O) groups excluding carboxylic acids is 1. The number of aryl methyl sites for hydroxylation is 1. The van der Waals surface area contributed by atoms with Crippen LogP contribution in [0.1, 0.15) is 15.4 Å². The summed E-state index contributed by atoms with van der Waals surface area (Å²) in [7, 11) is 0. The van der Waals surface area contributed by atoms with Gasteiger partial charge in [0.05, 0.1) is 40.7 Å². The van der Waals surface area contributed by atoms with Crippen LogP contribution in [0, 0.1) is 6.92 Å². The Morgan fingerprint density at radius 1 is 1.30 bits per heavy atom. The largest absolute Gasteiger partial charge is 0.378 e. The van der Waals surface area contributed by atoms with Crippen molar-refractivity contribution in [1.82, 2.24) is 14.3 Å². The summed E-state index contributed by atoms with van der Waals surface area (Å²) in [5.74, 6) is 0.0650. The number of morpholine rings is 1. The molecule has 1 amide bonds. The van der Waals surface area contributed by atoms with Crippen LogP contribution in [-0.2, 0) is 4.74 Å². The summed E-state index contributed by atoms with van der Waals surface area (Å²) in [6.07, 6.45) is 1.98. The van der Waals surface area contributed by atoms with Crippen LogP contribution in [0.3, 0.4) is 0 Å². The maximum absolute atomic E-state index is 12.9. The van der Waals surface area contributed by atoms with Crippen LogP contribution >= 0.6 is 11.3 Å². The number of pyridine rings is 1. The van der Waals surface area contributed by atoms with Gasteiger partial charge in [-0.2, -0.15) is 0 Å². The summed E-state index contributed by atoms with van der Waals surface area (Å²) in [4.78, 5) is 19.3. The number of fused-ring (bicyclic) bond motifs is 1. The van der Waals surface area contributed by atoms with Crippen molar-refractivity contribution in [2.45, 2.75) is 6.92 Å². The molecule has 0 radical (unpaired) electrons. The van der Waals surface area contributed by atoms with Crippen molar-refractivity contribution in [3.8, 4) is 11.4 Å². The molecular formula is C17H17N3O2S. The lowest BCUT2D eigenvalue weighted by Gasteiger charge is -2.26. The number of amides is 1. The summed E-state index contributed by atoms with van der Waals surface area (Å²) in [5.41, 5.74) is 3.52. The van der Waals surface area contributed by atoms with Gasteiger partial charge in [0.25, 0.3) is 5.91 Å². The highest BCUT2D eigenvalue weighted by Gasteiger charge is 2.23. The molecule has 4 rings (SSSR count). The molecule has 23 heavy (non-hydrogen) atoms. The van der Waals surface area contributed by atoms with Crippen LogP contribution in [-0.4, -0.2) is 46.5 Å². The summed E-state index contributed by atoms with van der Waals surface area (Å²) in [6, 6.07) is 7.87. The van der Waals surface area contributed by atoms with Crippen molar-refractivity contribution in [3.05, 3.63) is 46.4 Å². The third-order valence-corrected chi connectivity index (χ3v) is 4.86. The maximum Gasteiger partial charge on any atom is 0.256 e. The van der Waals surface area contributed by atoms with Crippen molar-refractivity contribution in [3.63, 3.8) is 0 Å². The van der Waals surface area contributed by atoms with Crippen molar-refractivity contribution >= 4 is 22.8 Å². The first-order valence-electron chi connectivity index (χ1n) is 7.63. The van der Waals surface area contributed by atoms with Crippen LogP contribution < -0.4 is 0 Å². The van der Waals surface area contributed by atoms with Gasteiger partial charge in [0.2, 0.25) is 0 Å². The molecular weight excluding hydrogens is 310 g/mol. The number of carbonyl (C=O) groups is 1. The number of hydrogen-bond donors (Lipinski definition) is 0. The molecule has 0 N–H and O–H groups in total. The van der Waals surface area contributed by atoms with E-state index in [1.54, 1.807) is 11.3 Å². The molecule has 1 aliphatic heterocycles. The lowest BCUT2D eigenvalue weighted by atomic mass is 10.2. The first kappa shape index (κ1) is 14.4. The van der Waals surface area contributed by atoms with Gasteiger partial charge in [-0.15, -0.1) is 11.3 Å². The molecule has 0 atom stereocenters. The average molecular weight is 327 g/mol. The fourth-order valence-electron chi connectivity index (χ4n) is 2.94. The van der Waals surface area contributed by atoms with E-state index < -0.39 is 0 Å². The standard InChI is InChI=1S/C17H17N3O2S/c1-12-18-14(11-23-12)16-10-13(15-4-2-3-5-20(15)16)17(21)19-6-8-22-9-7-19/h2-5,10-11H,6-9H2,1H3. The Morgan fingerprint density at radius 3 is 2.87 bits per heavy atom. The molecule has 0 aliphatic carbocycles. The minimum absolute atomic E-state index is 0.0650. The van der Waals surface area contributed by atoms with Gasteiger partial charge in [-0.05, 0) is 25.1 Å². The molecule has 0 aromatic carbocycles. The second kappa shape index (κ2) is 5.79. The van der Waals surface area contributed by atoms with Crippen LogP contribution in [0.25, 0.3) is 16.9 Å². The fraction of sp³-hybridized carbons (Fsp3) is 0.294. The van der Waals surface area contributed by atoms with E-state index in [2.05, 4.69) is 4.98 Å². The zero-order chi connectivity index (χ0) is 15.8. The van der Waals surface area contributed by atoms with E-state index in [1.165, 1.54) is 0 Å². The predicted molar refractivity (Wildman–Crippen MR) is 90.0 cm³/mol. The average Bonchev–Trinajstić information content (AvgIpc) is 3.19. The minimum Gasteiger partial charge on any atom is -0.378 e. The summed E-state index contributed by atoms with van der Waals surface area (Å²) >= 11 is 1.62. The van der Waals surface area contributed by atoms with E-state index in [-0.39, 0.29) is 5.91 Å². The van der Waals surface area contributed by atoms with Crippen molar-refractivity contribution < 1.29 is 9.53 Å². The molecule has 0 spiro atoms. The smallest absolute Gasteiger partial charge is 0.256 e. The quantitative estimate of drug-likeness (QED) is 0.727. The summed E-state index contributed by atoms with van der Waals surface area (Å²) in [5, 5.41) is 3.06. The van der Waals surface area contributed by atoms with Gasteiger partial charge in [0, 0.05) is 24.7 Å². The van der Waals surface area contributed by atoms with Gasteiger partial charge in [0.15, 0.2) is 0 Å². The topological polar surface area (TPSA) is 46.8 Å². The SMILES string of the molecule is Cc1nc(-c2cc(C(=O)N3CCOCC3)c3ccccn23)cs1. The van der Waals surface area contributed by atoms with Gasteiger partial charge in [-0.3, -0.25) is 4.79 Å². The Hall–Kier alpha value is -2.18. The Balaban J connectivity index is 1.82. The number of ether oxygens (including phenoxy) is 1. The first-order chi connectivity index (χ1) is 11.2. The number of thiazole rings is 1. The molecule has 1 fully saturated rings. The summed E-state index contributed by atoms with van der Waals surface area (Å²) in [6.45, 7) is 4.50. The Labute approximate surface area is 138 Å². The number of hydrogen-bond acceptors (Lipinski definition) is 4. The first-order valence-corrected chi connectivity index (χ1v) is 8.51. The molecule has 118 valence electrons. The zero-order valence-electron chi connectivity index (χ0n) is 12.9. The van der Waals surface area contributed by atoms with E-state index in [9.17, 15) is 4.79 Å². The third-order valence-electron chi connectivity index (χ3n) is 4.09. The fourth-order valence-corrected chi connectivity index (χ4v) is 3.55. The van der Waals surface area contributed by atoms with Crippen molar-refractivity contribution in [2.75, 3.05) is 26.3 Å². The van der Waals surface area contributed by atoms with Gasteiger partial charge in [-0.25, -0.2) is 4.98 Å². The van der Waals surface area contributed by atoms with Gasteiger partial charge in [0.1, 0.15) is 0 Å². The molecule has 0 unspecified atom stereocenters. The number of aromatic nitrogens is 2. The van der Waals surface area contributed by atoms with Crippen molar-refractivity contribution in [2.24, 2.45) is 0 Å². The molecule has 1 saturated heterocycles. The van der Waals surface area contributed by atoms with E-state index in [0.29, 0.717) is 26.3 Å². The second-order valence-corrected chi connectivity index (χ2v) is 6.62. The maximum atomic E-state index is 12.9. The summed E-state index contributed by atoms with van der Waals surface area (Å²) < 4.78 is 7.39. The normalized spacial score (nSPS) is 15.3. The monoisotopic (exact) mass is 327 g/mol. The van der Waals surface area contributed by atoms with Gasteiger partial charge < -0.3 is 14.0 Å². The molecule has 0 bridgehead atoms. The molecule has 0 saturated carbocycles. The van der Waals surface area contributed by atoms with Crippen LogP contribution in [0.15, 0.2) is 35.8 Å². The van der Waals surface area contributed by atoms with E-state index in [4.69, 9.17) is 4.74 Å². The Bertz CT molecular complexity index is 862. The number of nitrogens with zero attached hydrogens (tertiary/aromatic N) is 3. The molecule has 3 aromatic rings. The van der Waals surface area contributed by atoms with E-state index in [1.807, 2.05) is 52.1 Å². The Morgan fingerprint density at radius 2 is 2.13 bits per heavy atom. The third kappa shape index (κ3) is 2.54. The van der Waals surface area contributed by atoms with E-state index >= 15 is 0 Å². The van der Waals surface area contributed by atoms with Crippen molar-refractivity contribution in [1.29, 1.82) is 0 Å². The molecule has 4 heterocycles. The lowest BCUT2D eigenvalue weighted by molar-refractivity contribution is 0.0304. The molecule has 6 heteroatoms.